The molecule has 0 saturated heterocycles. The van der Waals surface area contributed by atoms with Crippen molar-refractivity contribution >= 4 is 21.7 Å². The van der Waals surface area contributed by atoms with E-state index in [-0.39, 0.29) is 5.78 Å². The molecule has 1 aromatic rings. The highest BCUT2D eigenvalue weighted by Crippen LogP contribution is 2.28. The normalized spacial score (nSPS) is 9.94. The third-order valence-electron chi connectivity index (χ3n) is 2.07. The number of rotatable bonds is 6. The van der Waals surface area contributed by atoms with Crippen LogP contribution in [0.2, 0.25) is 0 Å². The van der Waals surface area contributed by atoms with Gasteiger partial charge in [0, 0.05) is 5.56 Å². The van der Waals surface area contributed by atoms with Gasteiger partial charge in [0.05, 0.1) is 19.0 Å². The second-order valence-corrected chi connectivity index (χ2v) is 3.83. The zero-order chi connectivity index (χ0) is 12.0. The molecule has 0 N–H and O–H groups in total. The molecule has 16 heavy (non-hydrogen) atoms. The van der Waals surface area contributed by atoms with Crippen LogP contribution < -0.4 is 9.47 Å². The Balaban J connectivity index is 2.96. The Hall–Kier alpha value is -1.03. The molecule has 4 heteroatoms. The van der Waals surface area contributed by atoms with Crippen molar-refractivity contribution in [1.29, 1.82) is 0 Å². The molecule has 0 bridgehead atoms. The van der Waals surface area contributed by atoms with Crippen molar-refractivity contribution in [3.63, 3.8) is 0 Å². The van der Waals surface area contributed by atoms with E-state index >= 15 is 0 Å². The third kappa shape index (κ3) is 3.23. The van der Waals surface area contributed by atoms with Crippen molar-refractivity contribution in [1.82, 2.24) is 0 Å². The van der Waals surface area contributed by atoms with Gasteiger partial charge in [-0.05, 0) is 24.6 Å². The third-order valence-corrected chi connectivity index (χ3v) is 2.58. The van der Waals surface area contributed by atoms with Gasteiger partial charge in [0.25, 0.3) is 0 Å². The maximum atomic E-state index is 11.5. The summed E-state index contributed by atoms with van der Waals surface area (Å²) in [5, 5.41) is 0.312. The van der Waals surface area contributed by atoms with Gasteiger partial charge in [0.1, 0.15) is 0 Å². The van der Waals surface area contributed by atoms with Crippen molar-refractivity contribution in [2.75, 3.05) is 19.0 Å². The van der Waals surface area contributed by atoms with Crippen molar-refractivity contribution in [3.8, 4) is 11.5 Å². The monoisotopic (exact) mass is 286 g/mol. The summed E-state index contributed by atoms with van der Waals surface area (Å²) < 4.78 is 10.7. The molecule has 88 valence electrons. The highest BCUT2D eigenvalue weighted by atomic mass is 79.9. The van der Waals surface area contributed by atoms with E-state index in [2.05, 4.69) is 15.9 Å². The Kier molecular flexibility index (Phi) is 5.32. The standard InChI is InChI=1S/C12H15BrO3/c1-3-6-16-12-7-9(10(14)8-13)4-5-11(12)15-2/h4-5,7H,3,6,8H2,1-2H3. The molecule has 0 radical (unpaired) electrons. The first-order chi connectivity index (χ1) is 7.72. The Morgan fingerprint density at radius 1 is 1.38 bits per heavy atom. The molecule has 0 aliphatic heterocycles. The van der Waals surface area contributed by atoms with E-state index in [1.54, 1.807) is 25.3 Å². The highest BCUT2D eigenvalue weighted by Gasteiger charge is 2.09. The molecule has 0 atom stereocenters. The molecule has 0 heterocycles. The van der Waals surface area contributed by atoms with Crippen molar-refractivity contribution < 1.29 is 14.3 Å². The number of hydrogen-bond acceptors (Lipinski definition) is 3. The smallest absolute Gasteiger partial charge is 0.173 e. The highest BCUT2D eigenvalue weighted by molar-refractivity contribution is 9.09. The number of ether oxygens (including phenoxy) is 2. The van der Waals surface area contributed by atoms with E-state index in [0.29, 0.717) is 29.0 Å². The number of carbonyl (C=O) groups excluding carboxylic acids is 1. The number of alkyl halides is 1. The number of Topliss-reactive ketones (excluding diaryl/α,β-unsaturated/α-hetero) is 1. The van der Waals surface area contributed by atoms with Crippen molar-refractivity contribution in [2.45, 2.75) is 13.3 Å². The molecule has 0 aliphatic rings. The average Bonchev–Trinajstić information content (AvgIpc) is 2.34. The topological polar surface area (TPSA) is 35.5 Å². The SMILES string of the molecule is CCCOc1cc(C(=O)CBr)ccc1OC. The first-order valence-electron chi connectivity index (χ1n) is 5.13. The van der Waals surface area contributed by atoms with Crippen LogP contribution in [-0.4, -0.2) is 24.8 Å². The minimum Gasteiger partial charge on any atom is -0.493 e. The Morgan fingerprint density at radius 3 is 2.69 bits per heavy atom. The van der Waals surface area contributed by atoms with Crippen LogP contribution >= 0.6 is 15.9 Å². The van der Waals surface area contributed by atoms with Crippen LogP contribution in [-0.2, 0) is 0 Å². The van der Waals surface area contributed by atoms with Crippen LogP contribution in [0.15, 0.2) is 18.2 Å². The maximum absolute atomic E-state index is 11.5. The summed E-state index contributed by atoms with van der Waals surface area (Å²) in [4.78, 5) is 11.5. The molecule has 0 aliphatic carbocycles. The van der Waals surface area contributed by atoms with E-state index in [1.165, 1.54) is 0 Å². The van der Waals surface area contributed by atoms with Gasteiger partial charge in [-0.3, -0.25) is 4.79 Å². The zero-order valence-electron chi connectivity index (χ0n) is 9.46. The lowest BCUT2D eigenvalue weighted by Crippen LogP contribution is -2.03. The molecule has 0 unspecified atom stereocenters. The molecule has 0 amide bonds. The fraction of sp³-hybridized carbons (Fsp3) is 0.417. The molecule has 1 rings (SSSR count). The lowest BCUT2D eigenvalue weighted by atomic mass is 10.1. The first-order valence-corrected chi connectivity index (χ1v) is 6.25. The van der Waals surface area contributed by atoms with Crippen LogP contribution in [0.5, 0.6) is 11.5 Å². The summed E-state index contributed by atoms with van der Waals surface area (Å²) >= 11 is 3.14. The number of ketones is 1. The molecule has 0 spiro atoms. The predicted molar refractivity (Wildman–Crippen MR) is 66.9 cm³/mol. The van der Waals surface area contributed by atoms with Crippen LogP contribution in [0.1, 0.15) is 23.7 Å². The summed E-state index contributed by atoms with van der Waals surface area (Å²) in [5.41, 5.74) is 0.628. The Labute approximate surface area is 104 Å². The van der Waals surface area contributed by atoms with E-state index in [4.69, 9.17) is 9.47 Å². The molecular weight excluding hydrogens is 272 g/mol. The summed E-state index contributed by atoms with van der Waals surface area (Å²) in [6.07, 6.45) is 0.916. The van der Waals surface area contributed by atoms with E-state index < -0.39 is 0 Å². The molecule has 0 saturated carbocycles. The number of benzene rings is 1. The molecule has 0 aromatic heterocycles. The minimum absolute atomic E-state index is 0.0315. The molecule has 0 fully saturated rings. The van der Waals surface area contributed by atoms with Crippen LogP contribution in [0.3, 0.4) is 0 Å². The van der Waals surface area contributed by atoms with Gasteiger partial charge >= 0.3 is 0 Å². The van der Waals surface area contributed by atoms with Gasteiger partial charge in [-0.15, -0.1) is 0 Å². The summed E-state index contributed by atoms with van der Waals surface area (Å²) in [5.74, 6) is 1.31. The van der Waals surface area contributed by atoms with Crippen LogP contribution in [0.4, 0.5) is 0 Å². The summed E-state index contributed by atoms with van der Waals surface area (Å²) in [6.45, 7) is 2.64. The van der Waals surface area contributed by atoms with E-state index in [9.17, 15) is 4.79 Å². The number of halogens is 1. The lowest BCUT2D eigenvalue weighted by molar-refractivity contribution is 0.102. The van der Waals surface area contributed by atoms with Gasteiger partial charge < -0.3 is 9.47 Å². The van der Waals surface area contributed by atoms with E-state index in [1.807, 2.05) is 6.92 Å². The second kappa shape index (κ2) is 6.53. The quantitative estimate of drug-likeness (QED) is 0.596. The lowest BCUT2D eigenvalue weighted by Gasteiger charge is -2.10. The summed E-state index contributed by atoms with van der Waals surface area (Å²) in [6, 6.07) is 5.21. The fourth-order valence-electron chi connectivity index (χ4n) is 1.25. The predicted octanol–water partition coefficient (Wildman–Crippen LogP) is 3.06. The maximum Gasteiger partial charge on any atom is 0.173 e. The summed E-state index contributed by atoms with van der Waals surface area (Å²) in [7, 11) is 1.58. The first kappa shape index (κ1) is 13.0. The number of methoxy groups -OCH3 is 1. The molecule has 1 aromatic carbocycles. The van der Waals surface area contributed by atoms with Crippen LogP contribution in [0.25, 0.3) is 0 Å². The minimum atomic E-state index is 0.0315. The second-order valence-electron chi connectivity index (χ2n) is 3.27. The Morgan fingerprint density at radius 2 is 2.12 bits per heavy atom. The fourth-order valence-corrected chi connectivity index (χ4v) is 1.58. The number of carbonyl (C=O) groups is 1. The van der Waals surface area contributed by atoms with Gasteiger partial charge in [-0.25, -0.2) is 0 Å². The Bertz CT molecular complexity index is 363. The van der Waals surface area contributed by atoms with Crippen molar-refractivity contribution in [3.05, 3.63) is 23.8 Å². The average molecular weight is 287 g/mol. The van der Waals surface area contributed by atoms with Gasteiger partial charge in [0.15, 0.2) is 17.3 Å². The number of hydrogen-bond donors (Lipinski definition) is 0. The van der Waals surface area contributed by atoms with Gasteiger partial charge in [-0.1, -0.05) is 22.9 Å². The molecular formula is C12H15BrO3. The molecule has 3 nitrogen and oxygen atoms in total. The van der Waals surface area contributed by atoms with Gasteiger partial charge in [0.2, 0.25) is 0 Å². The zero-order valence-corrected chi connectivity index (χ0v) is 11.0. The largest absolute Gasteiger partial charge is 0.493 e. The van der Waals surface area contributed by atoms with Crippen LogP contribution in [0, 0.1) is 0 Å². The van der Waals surface area contributed by atoms with E-state index in [0.717, 1.165) is 6.42 Å². The van der Waals surface area contributed by atoms with Crippen molar-refractivity contribution in [2.24, 2.45) is 0 Å². The van der Waals surface area contributed by atoms with Gasteiger partial charge in [-0.2, -0.15) is 0 Å².